The molecule has 0 fully saturated rings. The molecule has 7 heteroatoms. The van der Waals surface area contributed by atoms with Crippen LogP contribution in [0.2, 0.25) is 10.0 Å². The second-order valence-electron chi connectivity index (χ2n) is 4.53. The summed E-state index contributed by atoms with van der Waals surface area (Å²) in [5.74, 6) is -0.806. The molecule has 0 spiro atoms. The number of aryl methyl sites for hydroxylation is 1. The number of halogens is 2. The third-order valence-electron chi connectivity index (χ3n) is 3.09. The molecule has 4 nitrogen and oxygen atoms in total. The first-order valence-corrected chi connectivity index (χ1v) is 7.81. The molecule has 0 radical (unpaired) electrons. The average molecular weight is 341 g/mol. The first kappa shape index (κ1) is 14.4. The fourth-order valence-electron chi connectivity index (χ4n) is 2.04. The molecule has 0 aliphatic rings. The number of carboxylic acid groups (broad SMARTS) is 1. The molecule has 0 amide bonds. The topological polar surface area (TPSA) is 54.6 Å². The predicted molar refractivity (Wildman–Crippen MR) is 84.5 cm³/mol. The number of carboxylic acids is 1. The molecule has 0 saturated heterocycles. The highest BCUT2D eigenvalue weighted by atomic mass is 35.5. The summed E-state index contributed by atoms with van der Waals surface area (Å²) in [6, 6.07) is 5.36. The Bertz CT molecular complexity index is 826. The highest BCUT2D eigenvalue weighted by Crippen LogP contribution is 2.29. The van der Waals surface area contributed by atoms with Crippen molar-refractivity contribution < 1.29 is 9.90 Å². The molecule has 0 saturated carbocycles. The van der Waals surface area contributed by atoms with Gasteiger partial charge in [0.25, 0.3) is 0 Å². The number of aliphatic carboxylic acids is 1. The van der Waals surface area contributed by atoms with Crippen molar-refractivity contribution in [3.05, 3.63) is 45.5 Å². The smallest absolute Gasteiger partial charge is 0.303 e. The molecule has 3 rings (SSSR count). The Hall–Kier alpha value is -1.56. The van der Waals surface area contributed by atoms with Crippen LogP contribution in [0.15, 0.2) is 29.8 Å². The van der Waals surface area contributed by atoms with Crippen molar-refractivity contribution in [1.82, 2.24) is 9.38 Å². The standard InChI is InChI=1S/C14H10Cl2N2O2S/c15-10-3-1-8(5-11(10)16)12-6-18-9(2-4-13(19)20)7-21-14(18)17-12/h1,3,5-7H,2,4H2,(H,19,20). The first-order valence-electron chi connectivity index (χ1n) is 6.17. The molecule has 1 N–H and O–H groups in total. The molecule has 0 unspecified atom stereocenters. The number of thiazole rings is 1. The lowest BCUT2D eigenvalue weighted by atomic mass is 10.2. The van der Waals surface area contributed by atoms with Crippen molar-refractivity contribution in [3.63, 3.8) is 0 Å². The van der Waals surface area contributed by atoms with Crippen LogP contribution in [-0.4, -0.2) is 20.5 Å². The minimum absolute atomic E-state index is 0.103. The summed E-state index contributed by atoms with van der Waals surface area (Å²) in [4.78, 5) is 16.0. The van der Waals surface area contributed by atoms with Crippen LogP contribution in [0.3, 0.4) is 0 Å². The lowest BCUT2D eigenvalue weighted by Gasteiger charge is -1.99. The van der Waals surface area contributed by atoms with E-state index in [1.807, 2.05) is 22.0 Å². The third kappa shape index (κ3) is 2.90. The van der Waals surface area contributed by atoms with Crippen LogP contribution in [0.4, 0.5) is 0 Å². The van der Waals surface area contributed by atoms with E-state index in [9.17, 15) is 4.79 Å². The monoisotopic (exact) mass is 340 g/mol. The van der Waals surface area contributed by atoms with Gasteiger partial charge in [0.05, 0.1) is 22.2 Å². The molecule has 1 aromatic carbocycles. The van der Waals surface area contributed by atoms with Gasteiger partial charge in [-0.15, -0.1) is 11.3 Å². The van der Waals surface area contributed by atoms with E-state index in [1.54, 1.807) is 12.1 Å². The van der Waals surface area contributed by atoms with Gasteiger partial charge < -0.3 is 5.11 Å². The van der Waals surface area contributed by atoms with Crippen molar-refractivity contribution in [2.45, 2.75) is 12.8 Å². The summed E-state index contributed by atoms with van der Waals surface area (Å²) >= 11 is 13.4. The third-order valence-corrected chi connectivity index (χ3v) is 4.72. The van der Waals surface area contributed by atoms with E-state index < -0.39 is 5.97 Å². The zero-order valence-electron chi connectivity index (χ0n) is 10.7. The lowest BCUT2D eigenvalue weighted by molar-refractivity contribution is -0.136. The summed E-state index contributed by atoms with van der Waals surface area (Å²) in [7, 11) is 0. The number of hydrogen-bond donors (Lipinski definition) is 1. The molecule has 21 heavy (non-hydrogen) atoms. The van der Waals surface area contributed by atoms with Gasteiger partial charge in [0.1, 0.15) is 0 Å². The Morgan fingerprint density at radius 2 is 2.14 bits per heavy atom. The molecule has 108 valence electrons. The van der Waals surface area contributed by atoms with Gasteiger partial charge in [-0.1, -0.05) is 29.3 Å². The number of carbonyl (C=O) groups is 1. The number of benzene rings is 1. The van der Waals surface area contributed by atoms with Gasteiger partial charge >= 0.3 is 5.97 Å². The van der Waals surface area contributed by atoms with E-state index in [0.717, 1.165) is 21.9 Å². The van der Waals surface area contributed by atoms with Crippen LogP contribution >= 0.6 is 34.5 Å². The van der Waals surface area contributed by atoms with Crippen molar-refractivity contribution >= 4 is 45.5 Å². The van der Waals surface area contributed by atoms with E-state index in [2.05, 4.69) is 4.98 Å². The van der Waals surface area contributed by atoms with Gasteiger partial charge in [-0.3, -0.25) is 9.20 Å². The SMILES string of the molecule is O=C(O)CCc1csc2nc(-c3ccc(Cl)c(Cl)c3)cn12. The number of nitrogens with zero attached hydrogens (tertiary/aromatic N) is 2. The zero-order valence-corrected chi connectivity index (χ0v) is 13.0. The highest BCUT2D eigenvalue weighted by molar-refractivity contribution is 7.15. The van der Waals surface area contributed by atoms with Crippen LogP contribution in [0, 0.1) is 0 Å². The number of rotatable bonds is 4. The molecule has 2 aromatic heterocycles. The number of hydrogen-bond acceptors (Lipinski definition) is 3. The molecule has 0 bridgehead atoms. The summed E-state index contributed by atoms with van der Waals surface area (Å²) in [5.41, 5.74) is 2.61. The summed E-state index contributed by atoms with van der Waals surface area (Å²) in [6.45, 7) is 0. The molecule has 0 atom stereocenters. The minimum Gasteiger partial charge on any atom is -0.481 e. The fraction of sp³-hybridized carbons (Fsp3) is 0.143. The normalized spacial score (nSPS) is 11.1. The highest BCUT2D eigenvalue weighted by Gasteiger charge is 2.11. The van der Waals surface area contributed by atoms with Crippen LogP contribution in [-0.2, 0) is 11.2 Å². The molecule has 2 heterocycles. The molecule has 0 aliphatic heterocycles. The largest absolute Gasteiger partial charge is 0.481 e. The Labute approximate surface area is 134 Å². The maximum absolute atomic E-state index is 10.7. The Balaban J connectivity index is 1.97. The Kier molecular flexibility index (Phi) is 3.89. The predicted octanol–water partition coefficient (Wildman–Crippen LogP) is 4.39. The van der Waals surface area contributed by atoms with E-state index in [-0.39, 0.29) is 6.42 Å². The van der Waals surface area contributed by atoms with E-state index in [4.69, 9.17) is 28.3 Å². The van der Waals surface area contributed by atoms with Gasteiger partial charge in [-0.25, -0.2) is 4.98 Å². The van der Waals surface area contributed by atoms with Crippen molar-refractivity contribution in [3.8, 4) is 11.3 Å². The zero-order chi connectivity index (χ0) is 15.0. The average Bonchev–Trinajstić information content (AvgIpc) is 3.00. The maximum Gasteiger partial charge on any atom is 0.303 e. The number of imidazole rings is 1. The first-order chi connectivity index (χ1) is 10.0. The van der Waals surface area contributed by atoms with Crippen molar-refractivity contribution in [2.75, 3.05) is 0 Å². The van der Waals surface area contributed by atoms with E-state index in [0.29, 0.717) is 16.5 Å². The second-order valence-corrected chi connectivity index (χ2v) is 6.18. The van der Waals surface area contributed by atoms with E-state index >= 15 is 0 Å². The van der Waals surface area contributed by atoms with Gasteiger partial charge in [0, 0.05) is 22.8 Å². The van der Waals surface area contributed by atoms with Crippen LogP contribution in [0.5, 0.6) is 0 Å². The van der Waals surface area contributed by atoms with Crippen molar-refractivity contribution in [2.24, 2.45) is 0 Å². The van der Waals surface area contributed by atoms with Gasteiger partial charge in [0.15, 0.2) is 4.96 Å². The summed E-state index contributed by atoms with van der Waals surface area (Å²) in [5, 5.41) is 11.7. The minimum atomic E-state index is -0.806. The number of fused-ring (bicyclic) bond motifs is 1. The molecule has 0 aliphatic carbocycles. The second kappa shape index (κ2) is 5.67. The molecular formula is C14H10Cl2N2O2S. The fourth-order valence-corrected chi connectivity index (χ4v) is 3.24. The van der Waals surface area contributed by atoms with Crippen molar-refractivity contribution in [1.29, 1.82) is 0 Å². The van der Waals surface area contributed by atoms with E-state index in [1.165, 1.54) is 11.3 Å². The van der Waals surface area contributed by atoms with Gasteiger partial charge in [-0.05, 0) is 18.6 Å². The quantitative estimate of drug-likeness (QED) is 0.766. The number of aromatic nitrogens is 2. The molecule has 3 aromatic rings. The van der Waals surface area contributed by atoms with Gasteiger partial charge in [0.2, 0.25) is 0 Å². The maximum atomic E-state index is 10.7. The van der Waals surface area contributed by atoms with Crippen LogP contribution in [0.1, 0.15) is 12.1 Å². The Morgan fingerprint density at radius 3 is 2.86 bits per heavy atom. The van der Waals surface area contributed by atoms with Crippen LogP contribution in [0.25, 0.3) is 16.2 Å². The van der Waals surface area contributed by atoms with Crippen LogP contribution < -0.4 is 0 Å². The lowest BCUT2D eigenvalue weighted by Crippen LogP contribution is -1.99. The molecular weight excluding hydrogens is 331 g/mol. The summed E-state index contributed by atoms with van der Waals surface area (Å²) in [6.07, 6.45) is 2.47. The Morgan fingerprint density at radius 1 is 1.33 bits per heavy atom. The van der Waals surface area contributed by atoms with Gasteiger partial charge in [-0.2, -0.15) is 0 Å². The summed E-state index contributed by atoms with van der Waals surface area (Å²) < 4.78 is 1.92.